The number of fused-ring (bicyclic) bond motifs is 1. The maximum absolute atomic E-state index is 2.53. The summed E-state index contributed by atoms with van der Waals surface area (Å²) in [6.07, 6.45) is 3.49. The molecule has 0 bridgehead atoms. The van der Waals surface area contributed by atoms with E-state index in [4.69, 9.17) is 0 Å². The molecule has 0 radical (unpaired) electrons. The summed E-state index contributed by atoms with van der Waals surface area (Å²) in [5, 5.41) is 0. The van der Waals surface area contributed by atoms with E-state index in [0.717, 1.165) is 6.42 Å². The molecule has 0 heterocycles. The maximum Gasteiger partial charge on any atom is -0.000723 e. The Morgan fingerprint density at radius 2 is 1.94 bits per heavy atom. The second-order valence-corrected chi connectivity index (χ2v) is 8.10. The van der Waals surface area contributed by atoms with Crippen molar-refractivity contribution in [3.63, 3.8) is 0 Å². The van der Waals surface area contributed by atoms with Crippen LogP contribution in [0.2, 0.25) is 13.1 Å². The lowest BCUT2D eigenvalue weighted by Crippen LogP contribution is -2.04. The third-order valence-corrected chi connectivity index (χ3v) is 4.63. The van der Waals surface area contributed by atoms with Gasteiger partial charge in [0, 0.05) is 0 Å². The third kappa shape index (κ3) is 2.66. The van der Waals surface area contributed by atoms with Gasteiger partial charge in [-0.05, 0) is 56.8 Å². The fourth-order valence-electron chi connectivity index (χ4n) is 2.71. The van der Waals surface area contributed by atoms with Gasteiger partial charge in [-0.15, -0.1) is 0 Å². The Morgan fingerprint density at radius 1 is 1.24 bits per heavy atom. The molecule has 0 aromatic heterocycles. The number of hydrogen-bond acceptors (Lipinski definition) is 0. The Kier molecular flexibility index (Phi) is 3.48. The lowest BCUT2D eigenvalue weighted by Gasteiger charge is -2.12. The van der Waals surface area contributed by atoms with E-state index in [0.29, 0.717) is 5.92 Å². The smallest absolute Gasteiger partial charge is 0.000723 e. The van der Waals surface area contributed by atoms with Crippen molar-refractivity contribution in [3.8, 4) is 0 Å². The Hall–Kier alpha value is -0.953. The van der Waals surface area contributed by atoms with Gasteiger partial charge in [0.1, 0.15) is 0 Å². The van der Waals surface area contributed by atoms with Crippen LogP contribution in [-0.4, -0.2) is 14.1 Å². The molecule has 1 aromatic rings. The molecule has 0 saturated heterocycles. The molecule has 1 aromatic carbocycles. The van der Waals surface area contributed by atoms with Crippen LogP contribution in [0, 0.1) is 6.92 Å². The van der Waals surface area contributed by atoms with Crippen molar-refractivity contribution < 1.29 is 0 Å². The number of benzene rings is 1. The first kappa shape index (κ1) is 12.5. The Morgan fingerprint density at radius 3 is 2.59 bits per heavy atom. The number of allylic oxidation sites excluding steroid dienone is 1. The van der Waals surface area contributed by atoms with Crippen molar-refractivity contribution in [2.75, 3.05) is 0 Å². The van der Waals surface area contributed by atoms with Crippen molar-refractivity contribution in [2.45, 2.75) is 46.2 Å². The van der Waals surface area contributed by atoms with Gasteiger partial charge < -0.3 is 0 Å². The van der Waals surface area contributed by atoms with Crippen LogP contribution in [0.15, 0.2) is 17.7 Å². The average molecular weight is 242 g/mol. The van der Waals surface area contributed by atoms with Gasteiger partial charge in [0.25, 0.3) is 0 Å². The number of rotatable bonds is 2. The monoisotopic (exact) mass is 242 g/mol. The van der Waals surface area contributed by atoms with Gasteiger partial charge in [-0.2, -0.15) is 0 Å². The highest BCUT2D eigenvalue weighted by Gasteiger charge is 2.14. The molecule has 1 unspecified atom stereocenters. The van der Waals surface area contributed by atoms with Gasteiger partial charge in [0.2, 0.25) is 0 Å². The van der Waals surface area contributed by atoms with E-state index >= 15 is 0 Å². The minimum atomic E-state index is -0.256. The second-order valence-electron chi connectivity index (χ2n) is 5.61. The summed E-state index contributed by atoms with van der Waals surface area (Å²) >= 11 is 0. The van der Waals surface area contributed by atoms with Crippen molar-refractivity contribution in [1.82, 2.24) is 0 Å². The summed E-state index contributed by atoms with van der Waals surface area (Å²) in [4.78, 5) is 0. The average Bonchev–Trinajstić information content (AvgIpc) is 2.58. The molecule has 1 aliphatic rings. The molecule has 0 N–H and O–H groups in total. The first-order chi connectivity index (χ1) is 7.97. The number of hydrogen-bond donors (Lipinski definition) is 0. The quantitative estimate of drug-likeness (QED) is 0.682. The van der Waals surface area contributed by atoms with E-state index < -0.39 is 0 Å². The summed E-state index contributed by atoms with van der Waals surface area (Å²) in [5.74, 6) is 0.601. The maximum atomic E-state index is 2.53. The summed E-state index contributed by atoms with van der Waals surface area (Å²) in [6, 6.07) is 4.79. The molecule has 0 saturated carbocycles. The van der Waals surface area contributed by atoms with Crippen molar-refractivity contribution in [1.29, 1.82) is 0 Å². The van der Waals surface area contributed by atoms with Gasteiger partial charge in [-0.1, -0.05) is 49.5 Å². The molecule has 0 aliphatic heterocycles. The van der Waals surface area contributed by atoms with Crippen LogP contribution in [-0.2, 0) is 6.42 Å². The Labute approximate surface area is 107 Å². The molecule has 90 valence electrons. The Bertz CT molecular complexity index is 503. The first-order valence-electron chi connectivity index (χ1n) is 6.43. The van der Waals surface area contributed by atoms with E-state index in [1.165, 1.54) is 27.8 Å². The zero-order chi connectivity index (χ0) is 12.6. The van der Waals surface area contributed by atoms with Crippen molar-refractivity contribution in [2.24, 2.45) is 0 Å². The van der Waals surface area contributed by atoms with Crippen molar-refractivity contribution >= 4 is 20.2 Å². The zero-order valence-electron chi connectivity index (χ0n) is 11.6. The SMILES string of the molecule is CC1=Cc2c(C)cc(C(C)C=[Si](C)C)cc2C1. The van der Waals surface area contributed by atoms with Gasteiger partial charge in [0.05, 0.1) is 0 Å². The first-order valence-corrected chi connectivity index (χ1v) is 9.00. The van der Waals surface area contributed by atoms with Crippen LogP contribution in [0.4, 0.5) is 0 Å². The highest BCUT2D eigenvalue weighted by molar-refractivity contribution is 6.64. The predicted molar refractivity (Wildman–Crippen MR) is 80.5 cm³/mol. The van der Waals surface area contributed by atoms with E-state index in [9.17, 15) is 0 Å². The summed E-state index contributed by atoms with van der Waals surface area (Å²) < 4.78 is 0. The normalized spacial score (nSPS) is 15.2. The predicted octanol–water partition coefficient (Wildman–Crippen LogP) is 4.20. The third-order valence-electron chi connectivity index (χ3n) is 3.46. The lowest BCUT2D eigenvalue weighted by molar-refractivity contribution is 1.04. The molecular weight excluding hydrogens is 220 g/mol. The van der Waals surface area contributed by atoms with Crippen LogP contribution in [0.25, 0.3) is 6.08 Å². The van der Waals surface area contributed by atoms with Gasteiger partial charge >= 0.3 is 0 Å². The molecule has 1 aliphatic carbocycles. The van der Waals surface area contributed by atoms with Crippen LogP contribution < -0.4 is 0 Å². The highest BCUT2D eigenvalue weighted by Crippen LogP contribution is 2.30. The van der Waals surface area contributed by atoms with E-state index in [-0.39, 0.29) is 8.41 Å². The number of aryl methyl sites for hydroxylation is 1. The molecule has 0 amide bonds. The fourth-order valence-corrected chi connectivity index (χ4v) is 3.90. The molecule has 0 spiro atoms. The zero-order valence-corrected chi connectivity index (χ0v) is 12.6. The Balaban J connectivity index is 2.39. The minimum Gasteiger partial charge on any atom is -0.0969 e. The van der Waals surface area contributed by atoms with E-state index in [1.54, 1.807) is 0 Å². The van der Waals surface area contributed by atoms with Gasteiger partial charge in [-0.3, -0.25) is 0 Å². The van der Waals surface area contributed by atoms with E-state index in [1.807, 2.05) is 0 Å². The largest absolute Gasteiger partial charge is 0.0969 e. The van der Waals surface area contributed by atoms with Gasteiger partial charge in [-0.25, -0.2) is 0 Å². The highest BCUT2D eigenvalue weighted by atomic mass is 28.2. The minimum absolute atomic E-state index is 0.256. The van der Waals surface area contributed by atoms with Crippen LogP contribution in [0.3, 0.4) is 0 Å². The van der Waals surface area contributed by atoms with E-state index in [2.05, 4.69) is 57.7 Å². The molecule has 0 nitrogen and oxygen atoms in total. The summed E-state index contributed by atoms with van der Waals surface area (Å²) in [7, 11) is -0.256. The van der Waals surface area contributed by atoms with Crippen LogP contribution in [0.1, 0.15) is 42.0 Å². The molecule has 1 atom stereocenters. The molecule has 1 heteroatoms. The molecule has 0 fully saturated rings. The topological polar surface area (TPSA) is 0 Å². The standard InChI is InChI=1S/C16H22Si/c1-11-6-15-9-14(13(3)10-17(4)5)8-12(2)16(15)7-11/h7-10,13H,6H2,1-5H3. The second kappa shape index (κ2) is 4.73. The van der Waals surface area contributed by atoms with Crippen molar-refractivity contribution in [3.05, 3.63) is 40.0 Å². The lowest BCUT2D eigenvalue weighted by atomic mass is 9.94. The molecule has 2 rings (SSSR count). The van der Waals surface area contributed by atoms with Crippen LogP contribution in [0.5, 0.6) is 0 Å². The molecule has 17 heavy (non-hydrogen) atoms. The summed E-state index contributed by atoms with van der Waals surface area (Å²) in [5.41, 5.74) is 9.95. The summed E-state index contributed by atoms with van der Waals surface area (Å²) in [6.45, 7) is 11.5. The fraction of sp³-hybridized carbons (Fsp3) is 0.438. The van der Waals surface area contributed by atoms with Gasteiger partial charge in [0.15, 0.2) is 0 Å². The molecular formula is C16H22Si. The van der Waals surface area contributed by atoms with Crippen LogP contribution >= 0.6 is 0 Å².